The van der Waals surface area contributed by atoms with Crippen LogP contribution in [0, 0.1) is 0 Å². The van der Waals surface area contributed by atoms with Gasteiger partial charge in [-0.1, -0.05) is 0 Å². The second-order valence-electron chi connectivity index (χ2n) is 4.40. The lowest BCUT2D eigenvalue weighted by molar-refractivity contribution is 0.204. The van der Waals surface area contributed by atoms with Crippen LogP contribution in [-0.2, 0) is 19.7 Å². The summed E-state index contributed by atoms with van der Waals surface area (Å²) in [4.78, 5) is -0.0190. The van der Waals surface area contributed by atoms with E-state index in [2.05, 4.69) is 0 Å². The number of aliphatic hydroxyl groups is 1. The highest BCUT2D eigenvalue weighted by atomic mass is 32.2. The van der Waals surface area contributed by atoms with E-state index in [0.717, 1.165) is 0 Å². The molecule has 0 unspecified atom stereocenters. The van der Waals surface area contributed by atoms with Gasteiger partial charge in [0.05, 0.1) is 29.6 Å². The van der Waals surface area contributed by atoms with Crippen molar-refractivity contribution in [1.82, 2.24) is 0 Å². The summed E-state index contributed by atoms with van der Waals surface area (Å²) in [7, 11) is -5.92. The first kappa shape index (κ1) is 14.3. The van der Waals surface area contributed by atoms with Gasteiger partial charge < -0.3 is 9.84 Å². The van der Waals surface area contributed by atoms with Crippen LogP contribution < -0.4 is 4.74 Å². The third kappa shape index (κ3) is 2.75. The van der Waals surface area contributed by atoms with E-state index in [1.165, 1.54) is 31.4 Å². The maximum Gasteiger partial charge on any atom is 0.184 e. The average molecular weight is 306 g/mol. The Bertz CT molecular complexity index is 660. The Kier molecular flexibility index (Phi) is 3.59. The van der Waals surface area contributed by atoms with Crippen molar-refractivity contribution in [3.05, 3.63) is 24.3 Å². The van der Waals surface area contributed by atoms with Crippen LogP contribution in [0.3, 0.4) is 0 Å². The summed E-state index contributed by atoms with van der Waals surface area (Å²) in [6.07, 6.45) is -1.38. The molecule has 19 heavy (non-hydrogen) atoms. The van der Waals surface area contributed by atoms with E-state index in [4.69, 9.17) is 4.74 Å². The van der Waals surface area contributed by atoms with E-state index in [0.29, 0.717) is 5.75 Å². The summed E-state index contributed by atoms with van der Waals surface area (Å²) >= 11 is 0. The number of benzene rings is 1. The molecule has 1 saturated heterocycles. The van der Waals surface area contributed by atoms with Crippen LogP contribution in [0.15, 0.2) is 29.2 Å². The molecule has 2 rings (SSSR count). The number of hydrogen-bond donors (Lipinski definition) is 1. The zero-order chi connectivity index (χ0) is 14.3. The maximum absolute atomic E-state index is 12.3. The van der Waals surface area contributed by atoms with Gasteiger partial charge in [-0.2, -0.15) is 0 Å². The van der Waals surface area contributed by atoms with Crippen molar-refractivity contribution in [3.8, 4) is 5.75 Å². The Labute approximate surface area is 111 Å². The lowest BCUT2D eigenvalue weighted by atomic mass is 10.3. The molecule has 0 saturated carbocycles. The molecular weight excluding hydrogens is 292 g/mol. The first-order valence-corrected chi connectivity index (χ1v) is 8.89. The number of hydrogen-bond acceptors (Lipinski definition) is 6. The first-order valence-electron chi connectivity index (χ1n) is 5.53. The Balaban J connectivity index is 2.37. The van der Waals surface area contributed by atoms with E-state index in [-0.39, 0.29) is 4.90 Å². The molecule has 1 fully saturated rings. The minimum Gasteiger partial charge on any atom is -0.497 e. The number of aliphatic hydroxyl groups excluding tert-OH is 1. The molecule has 1 aromatic carbocycles. The highest BCUT2D eigenvalue weighted by Crippen LogP contribution is 2.26. The molecule has 1 N–H and O–H groups in total. The van der Waals surface area contributed by atoms with E-state index in [1.54, 1.807) is 0 Å². The minimum atomic E-state index is -3.87. The van der Waals surface area contributed by atoms with Crippen LogP contribution in [0.2, 0.25) is 0 Å². The van der Waals surface area contributed by atoms with Gasteiger partial charge in [-0.25, -0.2) is 16.8 Å². The van der Waals surface area contributed by atoms with Crippen molar-refractivity contribution < 1.29 is 26.7 Å². The van der Waals surface area contributed by atoms with Crippen molar-refractivity contribution in [2.75, 3.05) is 18.6 Å². The van der Waals surface area contributed by atoms with Crippen molar-refractivity contribution in [1.29, 1.82) is 0 Å². The summed E-state index contributed by atoms with van der Waals surface area (Å²) in [6, 6.07) is 5.63. The molecule has 0 amide bonds. The third-order valence-corrected chi connectivity index (χ3v) is 7.19. The van der Waals surface area contributed by atoms with Crippen molar-refractivity contribution >= 4 is 19.7 Å². The Morgan fingerprint density at radius 1 is 1.21 bits per heavy atom. The zero-order valence-corrected chi connectivity index (χ0v) is 11.8. The Hall–Kier alpha value is -1.12. The van der Waals surface area contributed by atoms with Gasteiger partial charge in [0.25, 0.3) is 0 Å². The topological polar surface area (TPSA) is 97.7 Å². The number of sulfone groups is 2. The Morgan fingerprint density at radius 3 is 2.21 bits per heavy atom. The van der Waals surface area contributed by atoms with Gasteiger partial charge in [-0.15, -0.1) is 0 Å². The largest absolute Gasteiger partial charge is 0.497 e. The van der Waals surface area contributed by atoms with Crippen LogP contribution in [0.5, 0.6) is 5.75 Å². The predicted octanol–water partition coefficient (Wildman–Crippen LogP) is -0.373. The van der Waals surface area contributed by atoms with Gasteiger partial charge in [0, 0.05) is 0 Å². The lowest BCUT2D eigenvalue weighted by Crippen LogP contribution is -2.32. The van der Waals surface area contributed by atoms with Crippen LogP contribution in [0.1, 0.15) is 0 Å². The second-order valence-corrected chi connectivity index (χ2v) is 8.72. The molecule has 1 aromatic rings. The summed E-state index contributed by atoms with van der Waals surface area (Å²) in [5, 5.41) is 8.34. The normalized spacial score (nSPS) is 26.2. The van der Waals surface area contributed by atoms with Crippen LogP contribution >= 0.6 is 0 Å². The molecule has 1 aliphatic heterocycles. The third-order valence-electron chi connectivity index (χ3n) is 3.06. The van der Waals surface area contributed by atoms with E-state index < -0.39 is 42.5 Å². The number of ether oxygens (including phenoxy) is 1. The molecule has 0 bridgehead atoms. The van der Waals surface area contributed by atoms with Crippen molar-refractivity contribution in [3.63, 3.8) is 0 Å². The molecule has 8 heteroatoms. The fourth-order valence-electron chi connectivity index (χ4n) is 2.03. The fraction of sp³-hybridized carbons (Fsp3) is 0.455. The summed E-state index contributed by atoms with van der Waals surface area (Å²) < 4.78 is 52.2. The van der Waals surface area contributed by atoms with Gasteiger partial charge >= 0.3 is 0 Å². The number of rotatable bonds is 3. The van der Waals surface area contributed by atoms with Gasteiger partial charge in [0.1, 0.15) is 11.0 Å². The zero-order valence-electron chi connectivity index (χ0n) is 10.2. The molecule has 6 nitrogen and oxygen atoms in total. The van der Waals surface area contributed by atoms with Gasteiger partial charge in [0.2, 0.25) is 0 Å². The lowest BCUT2D eigenvalue weighted by Gasteiger charge is -2.14. The predicted molar refractivity (Wildman–Crippen MR) is 68.6 cm³/mol. The molecule has 0 radical (unpaired) electrons. The molecule has 1 heterocycles. The van der Waals surface area contributed by atoms with Crippen LogP contribution in [0.25, 0.3) is 0 Å². The average Bonchev–Trinajstić information content (AvgIpc) is 2.63. The highest BCUT2D eigenvalue weighted by molar-refractivity contribution is 7.96. The quantitative estimate of drug-likeness (QED) is 0.818. The fourth-order valence-corrected chi connectivity index (χ4v) is 6.48. The monoisotopic (exact) mass is 306 g/mol. The first-order chi connectivity index (χ1) is 8.76. The molecule has 2 atom stereocenters. The van der Waals surface area contributed by atoms with Crippen molar-refractivity contribution in [2.45, 2.75) is 16.2 Å². The van der Waals surface area contributed by atoms with Gasteiger partial charge in [0.15, 0.2) is 19.7 Å². The summed E-state index contributed by atoms with van der Waals surface area (Å²) in [5.41, 5.74) is 0. The van der Waals surface area contributed by atoms with Gasteiger partial charge in [-0.05, 0) is 24.3 Å². The highest BCUT2D eigenvalue weighted by Gasteiger charge is 2.45. The van der Waals surface area contributed by atoms with Crippen LogP contribution in [-0.4, -0.2) is 51.9 Å². The van der Waals surface area contributed by atoms with Gasteiger partial charge in [-0.3, -0.25) is 0 Å². The van der Waals surface area contributed by atoms with E-state index in [1.807, 2.05) is 0 Å². The molecule has 0 aromatic heterocycles. The Morgan fingerprint density at radius 2 is 1.79 bits per heavy atom. The van der Waals surface area contributed by atoms with Crippen LogP contribution in [0.4, 0.5) is 0 Å². The van der Waals surface area contributed by atoms with E-state index in [9.17, 15) is 21.9 Å². The molecule has 0 spiro atoms. The second kappa shape index (κ2) is 4.77. The smallest absolute Gasteiger partial charge is 0.184 e. The van der Waals surface area contributed by atoms with Crippen molar-refractivity contribution in [2.24, 2.45) is 0 Å². The summed E-state index contributed by atoms with van der Waals surface area (Å²) in [5.74, 6) is -0.547. The molecule has 0 aliphatic carbocycles. The summed E-state index contributed by atoms with van der Waals surface area (Å²) in [6.45, 7) is 0. The molecular formula is C11H14O6S2. The molecule has 1 aliphatic rings. The SMILES string of the molecule is COc1ccc(S(=O)(=O)[C@@H]2CS(=O)(=O)C[C@@H]2O)cc1. The maximum atomic E-state index is 12.3. The number of methoxy groups -OCH3 is 1. The molecule has 106 valence electrons. The standard InChI is InChI=1S/C11H14O6S2/c1-17-8-2-4-9(5-3-8)19(15,16)11-7-18(13,14)6-10(11)12/h2-5,10-12H,6-7H2,1H3/t10-,11+/m0/s1. The minimum absolute atomic E-state index is 0.0190. The van der Waals surface area contributed by atoms with E-state index >= 15 is 0 Å².